The van der Waals surface area contributed by atoms with Crippen molar-refractivity contribution >= 4 is 50.4 Å². The van der Waals surface area contributed by atoms with Crippen molar-refractivity contribution in [3.63, 3.8) is 0 Å². The van der Waals surface area contributed by atoms with Gasteiger partial charge in [-0.3, -0.25) is 14.2 Å². The van der Waals surface area contributed by atoms with Gasteiger partial charge < -0.3 is 10.2 Å². The number of fused-ring (bicyclic) bond motifs is 1. The van der Waals surface area contributed by atoms with Crippen molar-refractivity contribution in [1.82, 2.24) is 4.57 Å². The molecule has 0 bridgehead atoms. The van der Waals surface area contributed by atoms with Crippen LogP contribution in [0.1, 0.15) is 12.8 Å². The van der Waals surface area contributed by atoms with E-state index >= 15 is 0 Å². The lowest BCUT2D eigenvalue weighted by atomic mass is 10.2. The fourth-order valence-corrected chi connectivity index (χ4v) is 4.50. The molecule has 1 aromatic heterocycles. The molecule has 5 nitrogen and oxygen atoms in total. The van der Waals surface area contributed by atoms with Gasteiger partial charge in [-0.1, -0.05) is 35.1 Å². The molecule has 1 N–H and O–H groups in total. The number of hydrogen-bond acceptors (Lipinski definition) is 4. The summed E-state index contributed by atoms with van der Waals surface area (Å²) in [6, 6.07) is 13.0. The van der Waals surface area contributed by atoms with Gasteiger partial charge in [0.05, 0.1) is 20.9 Å². The number of carbonyl (C=O) groups excluding carboxylic acids is 1. The number of aromatic nitrogens is 1. The summed E-state index contributed by atoms with van der Waals surface area (Å²) in [6.45, 7) is 2.01. The van der Waals surface area contributed by atoms with Crippen LogP contribution in [0.4, 0.5) is 11.4 Å². The van der Waals surface area contributed by atoms with Gasteiger partial charge in [-0.25, -0.2) is 0 Å². The van der Waals surface area contributed by atoms with E-state index in [1.165, 1.54) is 17.4 Å². The third-order valence-electron chi connectivity index (χ3n) is 4.55. The van der Waals surface area contributed by atoms with Crippen LogP contribution >= 0.6 is 22.9 Å². The molecule has 0 atom stereocenters. The SMILES string of the molecule is O=C(Cn1c(=O)sc2ccccc21)Nc1ccc(N2CCCC2)c(Cl)c1. The smallest absolute Gasteiger partial charge is 0.308 e. The number of rotatable bonds is 4. The highest BCUT2D eigenvalue weighted by Gasteiger charge is 2.16. The molecule has 134 valence electrons. The zero-order valence-electron chi connectivity index (χ0n) is 14.1. The molecule has 0 unspecified atom stereocenters. The van der Waals surface area contributed by atoms with Crippen molar-refractivity contribution in [2.45, 2.75) is 19.4 Å². The Bertz CT molecular complexity index is 1020. The molecule has 26 heavy (non-hydrogen) atoms. The molecule has 2 heterocycles. The summed E-state index contributed by atoms with van der Waals surface area (Å²) in [5.41, 5.74) is 2.41. The molecule has 0 aliphatic carbocycles. The summed E-state index contributed by atoms with van der Waals surface area (Å²) in [5.74, 6) is -0.249. The highest BCUT2D eigenvalue weighted by atomic mass is 35.5. The first-order valence-corrected chi connectivity index (χ1v) is 9.74. The maximum Gasteiger partial charge on any atom is 0.308 e. The standard InChI is InChI=1S/C19H18ClN3O2S/c20-14-11-13(7-8-15(14)22-9-3-4-10-22)21-18(24)12-23-16-5-1-2-6-17(16)26-19(23)25/h1-2,5-8,11H,3-4,9-10,12H2,(H,21,24). The Morgan fingerprint density at radius 3 is 2.69 bits per heavy atom. The van der Waals surface area contributed by atoms with Crippen molar-refractivity contribution in [2.75, 3.05) is 23.3 Å². The number of amides is 1. The van der Waals surface area contributed by atoms with Crippen molar-refractivity contribution in [2.24, 2.45) is 0 Å². The normalized spacial score (nSPS) is 14.1. The van der Waals surface area contributed by atoms with Gasteiger partial charge in [0.1, 0.15) is 6.54 Å². The quantitative estimate of drug-likeness (QED) is 0.737. The molecule has 1 amide bonds. The number of para-hydroxylation sites is 1. The Kier molecular flexibility index (Phi) is 4.70. The molecule has 1 fully saturated rings. The third kappa shape index (κ3) is 3.34. The minimum atomic E-state index is -0.249. The monoisotopic (exact) mass is 387 g/mol. The number of carbonyl (C=O) groups is 1. The summed E-state index contributed by atoms with van der Waals surface area (Å²) >= 11 is 7.54. The number of benzene rings is 2. The van der Waals surface area contributed by atoms with Crippen molar-refractivity contribution in [3.8, 4) is 0 Å². The first kappa shape index (κ1) is 17.1. The second kappa shape index (κ2) is 7.13. The maximum absolute atomic E-state index is 12.4. The largest absolute Gasteiger partial charge is 0.370 e. The molecule has 4 rings (SSSR count). The van der Waals surface area contributed by atoms with Gasteiger partial charge in [-0.05, 0) is 43.2 Å². The van der Waals surface area contributed by atoms with E-state index in [0.717, 1.165) is 40.3 Å². The number of anilines is 2. The molecular formula is C19H18ClN3O2S. The van der Waals surface area contributed by atoms with Gasteiger partial charge in [0.25, 0.3) is 0 Å². The molecule has 3 aromatic rings. The van der Waals surface area contributed by atoms with Gasteiger partial charge in [-0.15, -0.1) is 0 Å². The molecule has 1 aliphatic heterocycles. The average Bonchev–Trinajstić information content (AvgIpc) is 3.24. The summed E-state index contributed by atoms with van der Waals surface area (Å²) in [6.07, 6.45) is 2.36. The summed E-state index contributed by atoms with van der Waals surface area (Å²) in [7, 11) is 0. The van der Waals surface area contributed by atoms with E-state index in [-0.39, 0.29) is 17.3 Å². The van der Waals surface area contributed by atoms with Crippen molar-refractivity contribution in [1.29, 1.82) is 0 Å². The maximum atomic E-state index is 12.4. The summed E-state index contributed by atoms with van der Waals surface area (Å²) in [5, 5.41) is 3.46. The number of hydrogen-bond donors (Lipinski definition) is 1. The Morgan fingerprint density at radius 2 is 1.92 bits per heavy atom. The minimum Gasteiger partial charge on any atom is -0.370 e. The van der Waals surface area contributed by atoms with Crippen LogP contribution < -0.4 is 15.1 Å². The van der Waals surface area contributed by atoms with Crippen LogP contribution in [0.5, 0.6) is 0 Å². The molecule has 0 spiro atoms. The van der Waals surface area contributed by atoms with Crippen LogP contribution in [-0.4, -0.2) is 23.6 Å². The van der Waals surface area contributed by atoms with Crippen LogP contribution in [0.15, 0.2) is 47.3 Å². The van der Waals surface area contributed by atoms with Crippen molar-refractivity contribution in [3.05, 3.63) is 57.2 Å². The third-order valence-corrected chi connectivity index (χ3v) is 5.82. The number of thiazole rings is 1. The topological polar surface area (TPSA) is 54.3 Å². The van der Waals surface area contributed by atoms with Crippen LogP contribution in [0.2, 0.25) is 5.02 Å². The van der Waals surface area contributed by atoms with Gasteiger partial charge in [0.15, 0.2) is 0 Å². The lowest BCUT2D eigenvalue weighted by molar-refractivity contribution is -0.116. The lowest BCUT2D eigenvalue weighted by Gasteiger charge is -2.19. The van der Waals surface area contributed by atoms with Gasteiger partial charge >= 0.3 is 4.87 Å². The fourth-order valence-electron chi connectivity index (χ4n) is 3.31. The lowest BCUT2D eigenvalue weighted by Crippen LogP contribution is -2.24. The number of halogens is 1. The van der Waals surface area contributed by atoms with Crippen LogP contribution in [0.3, 0.4) is 0 Å². The Hall–Kier alpha value is -2.31. The zero-order valence-corrected chi connectivity index (χ0v) is 15.6. The van der Waals surface area contributed by atoms with E-state index in [0.29, 0.717) is 10.7 Å². The average molecular weight is 388 g/mol. The van der Waals surface area contributed by atoms with Crippen LogP contribution in [0.25, 0.3) is 10.2 Å². The van der Waals surface area contributed by atoms with E-state index in [2.05, 4.69) is 10.2 Å². The molecule has 2 aromatic carbocycles. The highest BCUT2D eigenvalue weighted by Crippen LogP contribution is 2.31. The number of nitrogens with zero attached hydrogens (tertiary/aromatic N) is 2. The van der Waals surface area contributed by atoms with E-state index in [9.17, 15) is 9.59 Å². The van der Waals surface area contributed by atoms with E-state index in [4.69, 9.17) is 11.6 Å². The van der Waals surface area contributed by atoms with E-state index < -0.39 is 0 Å². The Labute approximate surface area is 159 Å². The molecular weight excluding hydrogens is 370 g/mol. The second-order valence-electron chi connectivity index (χ2n) is 6.33. The van der Waals surface area contributed by atoms with Gasteiger partial charge in [0, 0.05) is 18.8 Å². The first-order valence-electron chi connectivity index (χ1n) is 8.54. The van der Waals surface area contributed by atoms with E-state index in [1.807, 2.05) is 36.4 Å². The van der Waals surface area contributed by atoms with Gasteiger partial charge in [0.2, 0.25) is 5.91 Å². The molecule has 7 heteroatoms. The van der Waals surface area contributed by atoms with Gasteiger partial charge in [-0.2, -0.15) is 0 Å². The Morgan fingerprint density at radius 1 is 1.15 bits per heavy atom. The van der Waals surface area contributed by atoms with Crippen molar-refractivity contribution < 1.29 is 4.79 Å². The first-order chi connectivity index (χ1) is 12.6. The summed E-state index contributed by atoms with van der Waals surface area (Å²) in [4.78, 5) is 26.7. The predicted molar refractivity (Wildman–Crippen MR) is 108 cm³/mol. The predicted octanol–water partition coefficient (Wildman–Crippen LogP) is 3.96. The van der Waals surface area contributed by atoms with Crippen LogP contribution in [-0.2, 0) is 11.3 Å². The molecule has 0 saturated carbocycles. The van der Waals surface area contributed by atoms with E-state index in [1.54, 1.807) is 6.07 Å². The summed E-state index contributed by atoms with van der Waals surface area (Å²) < 4.78 is 2.37. The Balaban J connectivity index is 1.50. The molecule has 0 radical (unpaired) electrons. The second-order valence-corrected chi connectivity index (χ2v) is 7.73. The fraction of sp³-hybridized carbons (Fsp3) is 0.263. The molecule has 1 aliphatic rings. The zero-order chi connectivity index (χ0) is 18.1. The number of nitrogens with one attached hydrogen (secondary N) is 1. The highest BCUT2D eigenvalue weighted by molar-refractivity contribution is 7.16. The molecule has 1 saturated heterocycles. The van der Waals surface area contributed by atoms with Crippen LogP contribution in [0, 0.1) is 0 Å². The minimum absolute atomic E-state index is 0.0195.